The van der Waals surface area contributed by atoms with E-state index in [0.717, 1.165) is 12.8 Å². The highest BCUT2D eigenvalue weighted by Crippen LogP contribution is 2.38. The van der Waals surface area contributed by atoms with Crippen molar-refractivity contribution in [1.29, 1.82) is 0 Å². The number of hydrogen-bond acceptors (Lipinski definition) is 11. The molecule has 0 amide bonds. The molecule has 0 spiro atoms. The second-order valence-corrected chi connectivity index (χ2v) is 20.8. The summed E-state index contributed by atoms with van der Waals surface area (Å²) in [6, 6.07) is 0. The summed E-state index contributed by atoms with van der Waals surface area (Å²) in [5.41, 5.74) is 0. The number of aliphatic hydroxyl groups is 1. The van der Waals surface area contributed by atoms with E-state index in [2.05, 4.69) is 48.5 Å². The molecular formula is C51H92O13. The summed E-state index contributed by atoms with van der Waals surface area (Å²) in [5.74, 6) is -4.33. The molecule has 14 unspecified atom stereocenters. The Labute approximate surface area is 387 Å². The molecule has 0 aliphatic carbocycles. The highest BCUT2D eigenvalue weighted by molar-refractivity contribution is 5.97. The number of aliphatic carboxylic acids is 2. The molecule has 0 aromatic heterocycles. The van der Waals surface area contributed by atoms with E-state index < -0.39 is 83.5 Å². The lowest BCUT2D eigenvalue weighted by Crippen LogP contribution is -2.38. The van der Waals surface area contributed by atoms with Crippen LogP contribution in [0.4, 0.5) is 0 Å². The van der Waals surface area contributed by atoms with E-state index in [4.69, 9.17) is 19.3 Å². The van der Waals surface area contributed by atoms with Gasteiger partial charge in [0.1, 0.15) is 6.10 Å². The van der Waals surface area contributed by atoms with Gasteiger partial charge < -0.3 is 29.5 Å². The van der Waals surface area contributed by atoms with E-state index in [1.807, 2.05) is 41.5 Å². The number of ether oxygens (including phenoxy) is 3. The van der Waals surface area contributed by atoms with Gasteiger partial charge in [-0.2, -0.15) is 0 Å². The van der Waals surface area contributed by atoms with Crippen LogP contribution in [0, 0.1) is 94.7 Å². The van der Waals surface area contributed by atoms with Crippen molar-refractivity contribution in [3.05, 3.63) is 0 Å². The van der Waals surface area contributed by atoms with Gasteiger partial charge in [0.05, 0.1) is 47.5 Å². The third-order valence-electron chi connectivity index (χ3n) is 13.3. The molecule has 2 saturated heterocycles. The summed E-state index contributed by atoms with van der Waals surface area (Å²) >= 11 is 0. The molecule has 0 aromatic rings. The molecular weight excluding hydrogens is 821 g/mol. The van der Waals surface area contributed by atoms with Crippen LogP contribution in [-0.2, 0) is 47.8 Å². The molecule has 13 heteroatoms. The van der Waals surface area contributed by atoms with Crippen molar-refractivity contribution in [2.75, 3.05) is 0 Å². The van der Waals surface area contributed by atoms with Crippen molar-refractivity contribution in [3.8, 4) is 0 Å². The van der Waals surface area contributed by atoms with E-state index >= 15 is 0 Å². The molecule has 14 atom stereocenters. The predicted octanol–water partition coefficient (Wildman–Crippen LogP) is 10.5. The lowest BCUT2D eigenvalue weighted by Gasteiger charge is -2.31. The summed E-state index contributed by atoms with van der Waals surface area (Å²) in [5, 5.41) is 27.0. The number of carboxylic acid groups (broad SMARTS) is 2. The summed E-state index contributed by atoms with van der Waals surface area (Å²) < 4.78 is 15.4. The predicted molar refractivity (Wildman–Crippen MR) is 249 cm³/mol. The minimum absolute atomic E-state index is 0. The van der Waals surface area contributed by atoms with E-state index in [9.17, 15) is 43.8 Å². The van der Waals surface area contributed by atoms with Crippen LogP contribution in [0.5, 0.6) is 0 Å². The number of carbonyl (C=O) groups excluding carboxylic acids is 5. The molecule has 0 saturated carbocycles. The topological polar surface area (TPSA) is 208 Å². The Bertz CT molecular complexity index is 1450. The van der Waals surface area contributed by atoms with E-state index in [1.54, 1.807) is 20.8 Å². The molecule has 13 nitrogen and oxygen atoms in total. The highest BCUT2D eigenvalue weighted by atomic mass is 16.6. The van der Waals surface area contributed by atoms with Crippen LogP contribution in [0.15, 0.2) is 0 Å². The molecule has 2 fully saturated rings. The van der Waals surface area contributed by atoms with Gasteiger partial charge in [-0.15, -0.1) is 0 Å². The van der Waals surface area contributed by atoms with Crippen molar-refractivity contribution in [3.63, 3.8) is 0 Å². The average molecular weight is 913 g/mol. The number of carboxylic acids is 2. The van der Waals surface area contributed by atoms with Crippen LogP contribution in [-0.4, -0.2) is 69.3 Å². The van der Waals surface area contributed by atoms with Gasteiger partial charge in [-0.05, 0) is 112 Å². The van der Waals surface area contributed by atoms with Gasteiger partial charge in [-0.25, -0.2) is 0 Å². The van der Waals surface area contributed by atoms with Crippen LogP contribution in [0.1, 0.15) is 176 Å². The molecule has 2 rings (SSSR count). The Morgan fingerprint density at radius 3 is 1.33 bits per heavy atom. The first-order valence-corrected chi connectivity index (χ1v) is 23.9. The molecule has 0 aromatic carbocycles. The maximum atomic E-state index is 13.1. The van der Waals surface area contributed by atoms with Crippen molar-refractivity contribution < 1.29 is 63.1 Å². The zero-order chi connectivity index (χ0) is 49.2. The fourth-order valence-corrected chi connectivity index (χ4v) is 9.00. The zero-order valence-electron chi connectivity index (χ0n) is 42.0. The summed E-state index contributed by atoms with van der Waals surface area (Å²) in [6.45, 7) is 33.9. The minimum atomic E-state index is -0.943. The lowest BCUT2D eigenvalue weighted by atomic mass is 9.78. The number of aliphatic hydroxyl groups excluding tert-OH is 1. The highest BCUT2D eigenvalue weighted by Gasteiger charge is 2.47. The Hall–Kier alpha value is -3.35. The number of esters is 5. The molecule has 64 heavy (non-hydrogen) atoms. The normalized spacial score (nSPS) is 23.2. The van der Waals surface area contributed by atoms with Crippen LogP contribution in [0.3, 0.4) is 0 Å². The molecule has 0 radical (unpaired) electrons. The third kappa shape index (κ3) is 20.9. The smallest absolute Gasteiger partial charge is 0.317 e. The van der Waals surface area contributed by atoms with Gasteiger partial charge in [-0.1, -0.05) is 118 Å². The third-order valence-corrected chi connectivity index (χ3v) is 13.3. The number of hydrogen-bond donors (Lipinski definition) is 3. The van der Waals surface area contributed by atoms with Gasteiger partial charge in [0.2, 0.25) is 0 Å². The van der Waals surface area contributed by atoms with Crippen molar-refractivity contribution in [2.24, 2.45) is 94.7 Å². The van der Waals surface area contributed by atoms with Gasteiger partial charge in [-0.3, -0.25) is 33.6 Å². The summed E-state index contributed by atoms with van der Waals surface area (Å²) in [6.07, 6.45) is 4.95. The Balaban J connectivity index is 0. The number of rotatable bonds is 24. The Morgan fingerprint density at radius 1 is 0.547 bits per heavy atom. The molecule has 374 valence electrons. The molecule has 2 aliphatic rings. The zero-order valence-corrected chi connectivity index (χ0v) is 42.0. The van der Waals surface area contributed by atoms with Gasteiger partial charge >= 0.3 is 41.8 Å². The quantitative estimate of drug-likeness (QED) is 0.0468. The Morgan fingerprint density at radius 2 is 0.969 bits per heavy atom. The second kappa shape index (κ2) is 30.0. The van der Waals surface area contributed by atoms with Crippen molar-refractivity contribution in [2.45, 2.75) is 189 Å². The molecule has 3 N–H and O–H groups in total. The van der Waals surface area contributed by atoms with Crippen LogP contribution < -0.4 is 0 Å². The molecule has 0 bridgehead atoms. The van der Waals surface area contributed by atoms with Crippen LogP contribution in [0.2, 0.25) is 0 Å². The van der Waals surface area contributed by atoms with E-state index in [0.29, 0.717) is 49.4 Å². The first-order valence-electron chi connectivity index (χ1n) is 23.9. The SMILES string of the molecule is C.CC(C)C(O)C(C)C(=O)O.CCC(C)C(C)CC(C)CC(C)C(CC(C)C)C(=O)OC(C(C)C)C(C)C(=O)O.CCC1C(=O)OC(=O)C1CC(C)CC1C(=O)OC(=O)C1CC(C)C. The van der Waals surface area contributed by atoms with Crippen molar-refractivity contribution in [1.82, 2.24) is 0 Å². The fourth-order valence-electron chi connectivity index (χ4n) is 9.00. The minimum Gasteiger partial charge on any atom is -0.481 e. The standard InChI is InChI=1S/C25H48O4.C18H26O6.C7H14O3.CH4/c1-11-18(7)19(8)13-17(6)14-20(9)22(12-15(2)3)25(28)29-23(16(4)5)21(10)24(26)27;1-5-11-13(17(21)23-15(11)19)7-10(4)8-14-12(6-9(2)3)16(20)24-18(14)22;1-4(2)6(8)5(3)7(9)10;/h15-23H,11-14H2,1-10H3,(H,26,27);9-14H,5-8H2,1-4H3;4-6,8H,1-3H3,(H,9,10);1H4. The van der Waals surface area contributed by atoms with Crippen LogP contribution >= 0.6 is 0 Å². The lowest BCUT2D eigenvalue weighted by molar-refractivity contribution is -0.167. The first kappa shape index (κ1) is 62.7. The van der Waals surface area contributed by atoms with E-state index in [1.165, 1.54) is 19.8 Å². The van der Waals surface area contributed by atoms with Gasteiger partial charge in [0.15, 0.2) is 0 Å². The fraction of sp³-hybridized carbons (Fsp3) is 0.863. The Kier molecular flexibility index (Phi) is 29.4. The van der Waals surface area contributed by atoms with Gasteiger partial charge in [0, 0.05) is 0 Å². The van der Waals surface area contributed by atoms with Crippen molar-refractivity contribution >= 4 is 41.8 Å². The summed E-state index contributed by atoms with van der Waals surface area (Å²) in [4.78, 5) is 82.2. The average Bonchev–Trinajstić information content (AvgIpc) is 3.60. The van der Waals surface area contributed by atoms with Gasteiger partial charge in [0.25, 0.3) is 0 Å². The first-order chi connectivity index (χ1) is 29.0. The maximum absolute atomic E-state index is 13.1. The second-order valence-electron chi connectivity index (χ2n) is 20.8. The summed E-state index contributed by atoms with van der Waals surface area (Å²) in [7, 11) is 0. The number of carbonyl (C=O) groups is 7. The molecule has 2 aliphatic heterocycles. The van der Waals surface area contributed by atoms with E-state index in [-0.39, 0.29) is 48.9 Å². The van der Waals surface area contributed by atoms with Crippen LogP contribution in [0.25, 0.3) is 0 Å². The monoisotopic (exact) mass is 913 g/mol. The molecule has 2 heterocycles. The largest absolute Gasteiger partial charge is 0.481 e. The maximum Gasteiger partial charge on any atom is 0.317 e. The number of cyclic esters (lactones) is 4.